The van der Waals surface area contributed by atoms with Gasteiger partial charge in [-0.3, -0.25) is 0 Å². The van der Waals surface area contributed by atoms with E-state index in [0.717, 1.165) is 17.9 Å². The number of methoxy groups -OCH3 is 1. The van der Waals surface area contributed by atoms with Crippen molar-refractivity contribution in [3.63, 3.8) is 0 Å². The van der Waals surface area contributed by atoms with Crippen molar-refractivity contribution in [2.45, 2.75) is 31.7 Å². The van der Waals surface area contributed by atoms with E-state index in [0.29, 0.717) is 0 Å². The Morgan fingerprint density at radius 3 is 2.40 bits per heavy atom. The molecule has 0 spiro atoms. The van der Waals surface area contributed by atoms with E-state index >= 15 is 0 Å². The van der Waals surface area contributed by atoms with Crippen LogP contribution >= 0.6 is 0 Å². The SMILES string of the molecule is COc1cccc(-n2c3c(c4c2=CCC(N(c2ccccc2)c2cccc5ccccc25)C=4)C(C)(C)c2ccccc2-3)c1. The van der Waals surface area contributed by atoms with Crippen LogP contribution in [0.3, 0.4) is 0 Å². The molecule has 1 aromatic heterocycles. The van der Waals surface area contributed by atoms with Crippen molar-refractivity contribution in [3.05, 3.63) is 143 Å². The minimum Gasteiger partial charge on any atom is -0.497 e. The second-order valence-corrected chi connectivity index (χ2v) is 12.1. The summed E-state index contributed by atoms with van der Waals surface area (Å²) in [6, 6.07) is 43.7. The Kier molecular flexibility index (Phi) is 5.84. The van der Waals surface area contributed by atoms with Crippen LogP contribution in [0.5, 0.6) is 5.75 Å². The first kappa shape index (κ1) is 25.7. The van der Waals surface area contributed by atoms with Crippen molar-refractivity contribution < 1.29 is 4.74 Å². The van der Waals surface area contributed by atoms with Gasteiger partial charge in [-0.1, -0.05) is 111 Å². The van der Waals surface area contributed by atoms with Gasteiger partial charge in [-0.2, -0.15) is 0 Å². The van der Waals surface area contributed by atoms with E-state index in [1.165, 1.54) is 55.1 Å². The first-order valence-corrected chi connectivity index (χ1v) is 15.1. The number of anilines is 2. The summed E-state index contributed by atoms with van der Waals surface area (Å²) in [5.41, 5.74) is 8.81. The van der Waals surface area contributed by atoms with Gasteiger partial charge in [0.25, 0.3) is 0 Å². The van der Waals surface area contributed by atoms with Crippen LogP contribution in [-0.2, 0) is 5.41 Å². The number of ether oxygens (including phenoxy) is 1. The lowest BCUT2D eigenvalue weighted by Crippen LogP contribution is -2.42. The highest BCUT2D eigenvalue weighted by Gasteiger charge is 2.40. The van der Waals surface area contributed by atoms with Gasteiger partial charge in [-0.05, 0) is 53.3 Å². The summed E-state index contributed by atoms with van der Waals surface area (Å²) in [7, 11) is 1.74. The molecule has 0 amide bonds. The molecule has 3 heteroatoms. The Hall–Kier alpha value is -5.02. The molecule has 43 heavy (non-hydrogen) atoms. The van der Waals surface area contributed by atoms with E-state index in [1.807, 2.05) is 6.07 Å². The van der Waals surface area contributed by atoms with Crippen molar-refractivity contribution in [3.8, 4) is 22.7 Å². The smallest absolute Gasteiger partial charge is 0.120 e. The van der Waals surface area contributed by atoms with E-state index in [4.69, 9.17) is 4.74 Å². The average molecular weight is 559 g/mol. The quantitative estimate of drug-likeness (QED) is 0.213. The molecule has 8 rings (SSSR count). The van der Waals surface area contributed by atoms with Crippen molar-refractivity contribution >= 4 is 34.3 Å². The number of hydrogen-bond acceptors (Lipinski definition) is 2. The molecule has 0 radical (unpaired) electrons. The lowest BCUT2D eigenvalue weighted by Gasteiger charge is -2.34. The van der Waals surface area contributed by atoms with Crippen LogP contribution in [0.1, 0.15) is 31.4 Å². The van der Waals surface area contributed by atoms with Crippen molar-refractivity contribution in [2.24, 2.45) is 0 Å². The van der Waals surface area contributed by atoms with Gasteiger partial charge in [0.1, 0.15) is 5.75 Å². The maximum Gasteiger partial charge on any atom is 0.120 e. The van der Waals surface area contributed by atoms with Gasteiger partial charge in [0.15, 0.2) is 0 Å². The Morgan fingerprint density at radius 2 is 1.53 bits per heavy atom. The molecule has 0 saturated heterocycles. The van der Waals surface area contributed by atoms with Crippen LogP contribution in [0.25, 0.3) is 39.9 Å². The van der Waals surface area contributed by atoms with Gasteiger partial charge in [0.05, 0.1) is 18.8 Å². The second kappa shape index (κ2) is 9.78. The number of hydrogen-bond donors (Lipinski definition) is 0. The first-order chi connectivity index (χ1) is 21.1. The van der Waals surface area contributed by atoms with E-state index in [2.05, 4.69) is 151 Å². The van der Waals surface area contributed by atoms with E-state index < -0.39 is 0 Å². The highest BCUT2D eigenvalue weighted by Crippen LogP contribution is 2.48. The van der Waals surface area contributed by atoms with Gasteiger partial charge >= 0.3 is 0 Å². The largest absolute Gasteiger partial charge is 0.497 e. The van der Waals surface area contributed by atoms with Gasteiger partial charge in [-0.25, -0.2) is 0 Å². The Morgan fingerprint density at radius 1 is 0.791 bits per heavy atom. The lowest BCUT2D eigenvalue weighted by atomic mass is 9.81. The number of fused-ring (bicyclic) bond motifs is 6. The van der Waals surface area contributed by atoms with Crippen LogP contribution in [0, 0.1) is 0 Å². The lowest BCUT2D eigenvalue weighted by molar-refractivity contribution is 0.414. The zero-order valence-corrected chi connectivity index (χ0v) is 24.8. The second-order valence-electron chi connectivity index (χ2n) is 12.1. The zero-order chi connectivity index (χ0) is 29.1. The third-order valence-corrected chi connectivity index (χ3v) is 9.34. The summed E-state index contributed by atoms with van der Waals surface area (Å²) in [5, 5.41) is 5.11. The summed E-state index contributed by atoms with van der Waals surface area (Å²) in [5.74, 6) is 0.864. The normalized spacial score (nSPS) is 16.0. The molecule has 1 atom stereocenters. The maximum atomic E-state index is 5.67. The van der Waals surface area contributed by atoms with E-state index in [9.17, 15) is 0 Å². The Labute approximate surface area is 252 Å². The van der Waals surface area contributed by atoms with Crippen LogP contribution in [0.2, 0.25) is 0 Å². The molecule has 0 N–H and O–H groups in total. The average Bonchev–Trinajstić information content (AvgIpc) is 3.52. The molecule has 2 aliphatic carbocycles. The van der Waals surface area contributed by atoms with Crippen molar-refractivity contribution in [1.29, 1.82) is 0 Å². The molecular weight excluding hydrogens is 524 g/mol. The molecule has 0 fully saturated rings. The molecule has 2 aliphatic rings. The first-order valence-electron chi connectivity index (χ1n) is 15.1. The predicted octanol–water partition coefficient (Wildman–Crippen LogP) is 8.12. The summed E-state index contributed by atoms with van der Waals surface area (Å²) in [6.07, 6.45) is 5.88. The topological polar surface area (TPSA) is 17.4 Å². The summed E-state index contributed by atoms with van der Waals surface area (Å²) < 4.78 is 8.14. The van der Waals surface area contributed by atoms with Crippen LogP contribution in [-0.4, -0.2) is 17.7 Å². The summed E-state index contributed by atoms with van der Waals surface area (Å²) >= 11 is 0. The van der Waals surface area contributed by atoms with Crippen LogP contribution in [0.15, 0.2) is 121 Å². The predicted molar refractivity (Wildman–Crippen MR) is 179 cm³/mol. The highest BCUT2D eigenvalue weighted by atomic mass is 16.5. The Bertz CT molecular complexity index is 2130. The van der Waals surface area contributed by atoms with Gasteiger partial charge in [0.2, 0.25) is 0 Å². The minimum atomic E-state index is -0.136. The molecular formula is C40H34N2O. The molecule has 1 unspecified atom stereocenters. The molecule has 210 valence electrons. The van der Waals surface area contributed by atoms with Crippen molar-refractivity contribution in [2.75, 3.05) is 12.0 Å². The fourth-order valence-corrected chi connectivity index (χ4v) is 7.44. The van der Waals surface area contributed by atoms with Gasteiger partial charge < -0.3 is 14.2 Å². The molecule has 5 aromatic carbocycles. The number of para-hydroxylation sites is 1. The van der Waals surface area contributed by atoms with Crippen LogP contribution in [0.4, 0.5) is 11.4 Å². The standard InChI is InChI=1S/C40H34N2O/c1-40(2)35-21-10-9-20-33(35)39-38(40)34-26-30(23-24-37(34)42(39)29-17-12-18-31(25-29)43-3)41(28-15-5-4-6-16-28)36-22-11-14-27-13-7-8-19-32(27)36/h4-22,24-26,30H,23H2,1-3H3. The van der Waals surface area contributed by atoms with E-state index in [1.54, 1.807) is 7.11 Å². The Balaban J connectivity index is 1.41. The molecule has 0 saturated carbocycles. The van der Waals surface area contributed by atoms with E-state index in [-0.39, 0.29) is 11.5 Å². The zero-order valence-electron chi connectivity index (χ0n) is 24.8. The fraction of sp³-hybridized carbons (Fsp3) is 0.150. The molecule has 1 heterocycles. The maximum absolute atomic E-state index is 5.67. The fourth-order valence-electron chi connectivity index (χ4n) is 7.44. The monoisotopic (exact) mass is 558 g/mol. The summed E-state index contributed by atoms with van der Waals surface area (Å²) in [4.78, 5) is 2.53. The number of nitrogens with zero attached hydrogens (tertiary/aromatic N) is 2. The molecule has 6 aromatic rings. The third-order valence-electron chi connectivity index (χ3n) is 9.34. The minimum absolute atomic E-state index is 0.136. The molecule has 0 bridgehead atoms. The number of benzene rings is 5. The molecule has 0 aliphatic heterocycles. The van der Waals surface area contributed by atoms with Gasteiger partial charge in [-0.15, -0.1) is 0 Å². The van der Waals surface area contributed by atoms with Crippen LogP contribution < -0.4 is 20.2 Å². The third kappa shape index (κ3) is 3.88. The number of rotatable bonds is 5. The number of aromatic nitrogens is 1. The highest BCUT2D eigenvalue weighted by molar-refractivity contribution is 5.97. The van der Waals surface area contributed by atoms with Gasteiger partial charge in [0, 0.05) is 50.1 Å². The summed E-state index contributed by atoms with van der Waals surface area (Å²) in [6.45, 7) is 4.76. The molecule has 3 nitrogen and oxygen atoms in total. The van der Waals surface area contributed by atoms with Crippen molar-refractivity contribution in [1.82, 2.24) is 4.57 Å².